The third-order valence-electron chi connectivity index (χ3n) is 4.14. The first-order valence-corrected chi connectivity index (χ1v) is 8.94. The standard InChI is InChI=1S/C19H24ClN3O2/c1-19(2,3)25-18(24)21-15-8-9-23(12-15)11-14-10-13-6-4-5-7-16(13)22-17(14)20/h4-7,10,15H,8-9,11-12H2,1-3H3,(H,21,24). The van der Waals surface area contributed by atoms with Crippen molar-refractivity contribution >= 4 is 28.6 Å². The second kappa shape index (κ2) is 7.18. The number of aromatic nitrogens is 1. The van der Waals surface area contributed by atoms with Crippen molar-refractivity contribution in [2.45, 2.75) is 45.4 Å². The summed E-state index contributed by atoms with van der Waals surface area (Å²) in [6, 6.07) is 10.2. The number of halogens is 1. The molecule has 1 saturated heterocycles. The number of para-hydroxylation sites is 1. The first-order valence-electron chi connectivity index (χ1n) is 8.56. The van der Waals surface area contributed by atoms with Crippen molar-refractivity contribution in [1.29, 1.82) is 0 Å². The van der Waals surface area contributed by atoms with Crippen molar-refractivity contribution in [2.24, 2.45) is 0 Å². The Hall–Kier alpha value is -1.85. The van der Waals surface area contributed by atoms with Crippen LogP contribution < -0.4 is 5.32 Å². The molecule has 3 rings (SSSR count). The number of ether oxygens (including phenoxy) is 1. The van der Waals surface area contributed by atoms with Gasteiger partial charge >= 0.3 is 6.09 Å². The molecule has 5 nitrogen and oxygen atoms in total. The second-order valence-electron chi connectivity index (χ2n) is 7.50. The van der Waals surface area contributed by atoms with Gasteiger partial charge in [0.05, 0.1) is 5.52 Å². The third-order valence-corrected chi connectivity index (χ3v) is 4.46. The van der Waals surface area contributed by atoms with E-state index in [1.165, 1.54) is 0 Å². The van der Waals surface area contributed by atoms with Crippen LogP contribution in [0.5, 0.6) is 0 Å². The molecule has 2 aromatic rings. The number of amides is 1. The molecule has 0 spiro atoms. The van der Waals surface area contributed by atoms with Gasteiger partial charge in [-0.3, -0.25) is 4.90 Å². The minimum Gasteiger partial charge on any atom is -0.444 e. The van der Waals surface area contributed by atoms with Crippen molar-refractivity contribution in [3.8, 4) is 0 Å². The molecule has 0 aliphatic carbocycles. The Morgan fingerprint density at radius 2 is 2.16 bits per heavy atom. The Bertz CT molecular complexity index is 773. The number of hydrogen-bond donors (Lipinski definition) is 1. The maximum absolute atomic E-state index is 11.9. The summed E-state index contributed by atoms with van der Waals surface area (Å²) in [5, 5.41) is 4.58. The first kappa shape index (κ1) is 18.0. The summed E-state index contributed by atoms with van der Waals surface area (Å²) in [6.07, 6.45) is 0.544. The zero-order valence-electron chi connectivity index (χ0n) is 14.9. The van der Waals surface area contributed by atoms with Crippen LogP contribution in [0.2, 0.25) is 5.15 Å². The van der Waals surface area contributed by atoms with Gasteiger partial charge in [-0.2, -0.15) is 0 Å². The highest BCUT2D eigenvalue weighted by Gasteiger charge is 2.26. The van der Waals surface area contributed by atoms with Gasteiger partial charge in [0.25, 0.3) is 0 Å². The molecule has 6 heteroatoms. The molecule has 25 heavy (non-hydrogen) atoms. The number of hydrogen-bond acceptors (Lipinski definition) is 4. The lowest BCUT2D eigenvalue weighted by molar-refractivity contribution is 0.0506. The van der Waals surface area contributed by atoms with Gasteiger partial charge in [-0.15, -0.1) is 0 Å². The number of nitrogens with one attached hydrogen (secondary N) is 1. The van der Waals surface area contributed by atoms with Crippen molar-refractivity contribution in [2.75, 3.05) is 13.1 Å². The lowest BCUT2D eigenvalue weighted by atomic mass is 10.1. The Morgan fingerprint density at radius 3 is 2.92 bits per heavy atom. The van der Waals surface area contributed by atoms with E-state index < -0.39 is 5.60 Å². The van der Waals surface area contributed by atoms with Gasteiger partial charge < -0.3 is 10.1 Å². The number of alkyl carbamates (subject to hydrolysis) is 1. The minimum atomic E-state index is -0.479. The SMILES string of the molecule is CC(C)(C)OC(=O)NC1CCN(Cc2cc3ccccc3nc2Cl)C1. The van der Waals surface area contributed by atoms with Crippen LogP contribution in [0.25, 0.3) is 10.9 Å². The van der Waals surface area contributed by atoms with Crippen molar-refractivity contribution in [3.05, 3.63) is 41.0 Å². The number of carbonyl (C=O) groups excluding carboxylic acids is 1. The molecule has 1 aromatic heterocycles. The number of carbonyl (C=O) groups is 1. The van der Waals surface area contributed by atoms with Gasteiger partial charge in [0.1, 0.15) is 10.8 Å². The average molecular weight is 362 g/mol. The highest BCUT2D eigenvalue weighted by atomic mass is 35.5. The van der Waals surface area contributed by atoms with Gasteiger partial charge in [0.2, 0.25) is 0 Å². The molecule has 1 fully saturated rings. The second-order valence-corrected chi connectivity index (χ2v) is 7.86. The van der Waals surface area contributed by atoms with Crippen molar-refractivity contribution < 1.29 is 9.53 Å². The molecular weight excluding hydrogens is 338 g/mol. The fraction of sp³-hybridized carbons (Fsp3) is 0.474. The largest absolute Gasteiger partial charge is 0.444 e. The van der Waals surface area contributed by atoms with E-state index in [-0.39, 0.29) is 12.1 Å². The lowest BCUT2D eigenvalue weighted by Gasteiger charge is -2.22. The Kier molecular flexibility index (Phi) is 5.16. The molecule has 1 unspecified atom stereocenters. The molecule has 1 aliphatic rings. The van der Waals surface area contributed by atoms with Gasteiger partial charge in [-0.05, 0) is 39.3 Å². The van der Waals surface area contributed by atoms with E-state index in [0.717, 1.165) is 42.5 Å². The van der Waals surface area contributed by atoms with Crippen LogP contribution >= 0.6 is 11.6 Å². The minimum absolute atomic E-state index is 0.0991. The fourth-order valence-electron chi connectivity index (χ4n) is 3.06. The molecule has 2 heterocycles. The van der Waals surface area contributed by atoms with E-state index in [1.54, 1.807) is 0 Å². The number of nitrogens with zero attached hydrogens (tertiary/aromatic N) is 2. The predicted molar refractivity (Wildman–Crippen MR) is 99.8 cm³/mol. The van der Waals surface area contributed by atoms with Crippen molar-refractivity contribution in [3.63, 3.8) is 0 Å². The summed E-state index contributed by atoms with van der Waals surface area (Å²) in [6.45, 7) is 8.00. The van der Waals surface area contributed by atoms with E-state index >= 15 is 0 Å². The summed E-state index contributed by atoms with van der Waals surface area (Å²) in [5.41, 5.74) is 1.44. The van der Waals surface area contributed by atoms with Crippen LogP contribution in [0.3, 0.4) is 0 Å². The maximum Gasteiger partial charge on any atom is 0.407 e. The molecule has 0 radical (unpaired) electrons. The Labute approximate surface area is 153 Å². The number of rotatable bonds is 3. The fourth-order valence-corrected chi connectivity index (χ4v) is 3.26. The topological polar surface area (TPSA) is 54.5 Å². The smallest absolute Gasteiger partial charge is 0.407 e. The van der Waals surface area contributed by atoms with E-state index in [9.17, 15) is 4.79 Å². The van der Waals surface area contributed by atoms with Crippen LogP contribution in [0.1, 0.15) is 32.8 Å². The van der Waals surface area contributed by atoms with Crippen LogP contribution in [0.15, 0.2) is 30.3 Å². The van der Waals surface area contributed by atoms with E-state index in [4.69, 9.17) is 16.3 Å². The zero-order chi connectivity index (χ0) is 18.0. The Balaban J connectivity index is 1.60. The highest BCUT2D eigenvalue weighted by Crippen LogP contribution is 2.23. The number of likely N-dealkylation sites (tertiary alicyclic amines) is 1. The van der Waals surface area contributed by atoms with Crippen LogP contribution in [-0.2, 0) is 11.3 Å². The predicted octanol–water partition coefficient (Wildman–Crippen LogP) is 3.99. The first-order chi connectivity index (χ1) is 11.8. The van der Waals surface area contributed by atoms with Crippen molar-refractivity contribution in [1.82, 2.24) is 15.2 Å². The highest BCUT2D eigenvalue weighted by molar-refractivity contribution is 6.30. The quantitative estimate of drug-likeness (QED) is 0.840. The zero-order valence-corrected chi connectivity index (χ0v) is 15.6. The summed E-state index contributed by atoms with van der Waals surface area (Å²) >= 11 is 6.35. The van der Waals surface area contributed by atoms with E-state index in [2.05, 4.69) is 21.3 Å². The normalized spacial score (nSPS) is 18.5. The molecule has 1 N–H and O–H groups in total. The summed E-state index contributed by atoms with van der Waals surface area (Å²) in [4.78, 5) is 18.6. The van der Waals surface area contributed by atoms with Gasteiger partial charge in [0.15, 0.2) is 0 Å². The number of pyridine rings is 1. The summed E-state index contributed by atoms with van der Waals surface area (Å²) < 4.78 is 5.32. The molecule has 1 aromatic carbocycles. The number of benzene rings is 1. The van der Waals surface area contributed by atoms with Gasteiger partial charge in [-0.1, -0.05) is 29.8 Å². The summed E-state index contributed by atoms with van der Waals surface area (Å²) in [7, 11) is 0. The number of fused-ring (bicyclic) bond motifs is 1. The molecule has 1 amide bonds. The van der Waals surface area contributed by atoms with Crippen LogP contribution in [0.4, 0.5) is 4.79 Å². The maximum atomic E-state index is 11.9. The van der Waals surface area contributed by atoms with E-state index in [0.29, 0.717) is 5.15 Å². The lowest BCUT2D eigenvalue weighted by Crippen LogP contribution is -2.40. The monoisotopic (exact) mass is 361 g/mol. The third kappa shape index (κ3) is 4.83. The molecule has 134 valence electrons. The molecule has 0 saturated carbocycles. The van der Waals surface area contributed by atoms with Gasteiger partial charge in [-0.25, -0.2) is 9.78 Å². The summed E-state index contributed by atoms with van der Waals surface area (Å²) in [5.74, 6) is 0. The van der Waals surface area contributed by atoms with Crippen LogP contribution in [0, 0.1) is 0 Å². The van der Waals surface area contributed by atoms with Crippen LogP contribution in [-0.4, -0.2) is 40.7 Å². The van der Waals surface area contributed by atoms with Gasteiger partial charge in [0, 0.05) is 36.6 Å². The van der Waals surface area contributed by atoms with E-state index in [1.807, 2.05) is 45.0 Å². The molecule has 1 aliphatic heterocycles. The molecular formula is C19H24ClN3O2. The average Bonchev–Trinajstić information content (AvgIpc) is 2.93. The molecule has 0 bridgehead atoms. The molecule has 1 atom stereocenters. The Morgan fingerprint density at radius 1 is 1.40 bits per heavy atom.